The third-order valence-electron chi connectivity index (χ3n) is 2.61. The van der Waals surface area contributed by atoms with E-state index in [0.717, 1.165) is 5.56 Å². The fourth-order valence-electron chi connectivity index (χ4n) is 1.70. The molecule has 0 spiro atoms. The van der Waals surface area contributed by atoms with Crippen LogP contribution in [0, 0.1) is 6.92 Å². The summed E-state index contributed by atoms with van der Waals surface area (Å²) in [6.07, 6.45) is 1.24. The van der Waals surface area contributed by atoms with Gasteiger partial charge in [0.1, 0.15) is 5.56 Å². The molecule has 1 aromatic carbocycles. The van der Waals surface area contributed by atoms with E-state index in [1.807, 2.05) is 30.3 Å². The molecule has 0 amide bonds. The van der Waals surface area contributed by atoms with Crippen LogP contribution in [0.25, 0.3) is 11.3 Å². The van der Waals surface area contributed by atoms with Gasteiger partial charge in [0.15, 0.2) is 5.43 Å². The lowest BCUT2D eigenvalue weighted by Gasteiger charge is -2.06. The number of aromatic carboxylic acids is 1. The lowest BCUT2D eigenvalue weighted by atomic mass is 10.0. The van der Waals surface area contributed by atoms with Crippen molar-refractivity contribution in [1.82, 2.24) is 4.98 Å². The number of hydrogen-bond acceptors (Lipinski definition) is 2. The number of nitrogens with one attached hydrogen (secondary N) is 1. The molecule has 1 heterocycles. The molecule has 2 rings (SSSR count). The standard InChI is InChI=1S/C13H11NO3/c1-8-11(9-5-3-2-4-6-9)14-7-10(12(8)15)13(16)17/h2-7H,1H3,(H,14,15)(H,16,17). The maximum atomic E-state index is 11.8. The smallest absolute Gasteiger partial charge is 0.341 e. The Morgan fingerprint density at radius 1 is 1.24 bits per heavy atom. The number of carbonyl (C=O) groups is 1. The van der Waals surface area contributed by atoms with Crippen LogP contribution in [0.2, 0.25) is 0 Å². The minimum Gasteiger partial charge on any atom is -0.477 e. The average Bonchev–Trinajstić information content (AvgIpc) is 2.33. The number of carboxylic acid groups (broad SMARTS) is 1. The SMILES string of the molecule is Cc1c(-c2ccccc2)[nH]cc(C(=O)O)c1=O. The minimum atomic E-state index is -1.21. The molecule has 0 fully saturated rings. The predicted molar refractivity (Wildman–Crippen MR) is 64.2 cm³/mol. The summed E-state index contributed by atoms with van der Waals surface area (Å²) in [5.74, 6) is -1.21. The highest BCUT2D eigenvalue weighted by Gasteiger charge is 2.13. The molecule has 0 saturated carbocycles. The van der Waals surface area contributed by atoms with Crippen molar-refractivity contribution < 1.29 is 9.90 Å². The first kappa shape index (κ1) is 11.1. The molecule has 0 radical (unpaired) electrons. The molecule has 0 aliphatic heterocycles. The molecule has 4 nitrogen and oxygen atoms in total. The van der Waals surface area contributed by atoms with Gasteiger partial charge in [-0.05, 0) is 12.5 Å². The first-order chi connectivity index (χ1) is 8.11. The van der Waals surface area contributed by atoms with Crippen molar-refractivity contribution in [2.75, 3.05) is 0 Å². The van der Waals surface area contributed by atoms with Crippen molar-refractivity contribution in [2.24, 2.45) is 0 Å². The van der Waals surface area contributed by atoms with Crippen LogP contribution >= 0.6 is 0 Å². The van der Waals surface area contributed by atoms with Crippen LogP contribution in [-0.2, 0) is 0 Å². The Morgan fingerprint density at radius 3 is 2.47 bits per heavy atom. The topological polar surface area (TPSA) is 70.2 Å². The lowest BCUT2D eigenvalue weighted by Crippen LogP contribution is -2.18. The highest BCUT2D eigenvalue weighted by Crippen LogP contribution is 2.18. The van der Waals surface area contributed by atoms with Crippen molar-refractivity contribution in [3.63, 3.8) is 0 Å². The Kier molecular flexibility index (Phi) is 2.78. The number of aromatic nitrogens is 1. The van der Waals surface area contributed by atoms with Gasteiger partial charge in [-0.3, -0.25) is 4.79 Å². The van der Waals surface area contributed by atoms with E-state index in [9.17, 15) is 9.59 Å². The molecule has 0 saturated heterocycles. The quantitative estimate of drug-likeness (QED) is 0.827. The summed E-state index contributed by atoms with van der Waals surface area (Å²) >= 11 is 0. The van der Waals surface area contributed by atoms with E-state index in [-0.39, 0.29) is 5.56 Å². The van der Waals surface area contributed by atoms with Gasteiger partial charge in [-0.1, -0.05) is 30.3 Å². The molecule has 0 bridgehead atoms. The number of H-pyrrole nitrogens is 1. The molecule has 4 heteroatoms. The normalized spacial score (nSPS) is 10.2. The minimum absolute atomic E-state index is 0.234. The van der Waals surface area contributed by atoms with Gasteiger partial charge in [-0.25, -0.2) is 4.79 Å². The number of hydrogen-bond donors (Lipinski definition) is 2. The zero-order valence-electron chi connectivity index (χ0n) is 9.23. The van der Waals surface area contributed by atoms with E-state index in [0.29, 0.717) is 11.3 Å². The van der Waals surface area contributed by atoms with E-state index >= 15 is 0 Å². The summed E-state index contributed by atoms with van der Waals surface area (Å²) in [6, 6.07) is 9.32. The van der Waals surface area contributed by atoms with Crippen molar-refractivity contribution in [1.29, 1.82) is 0 Å². The Labute approximate surface area is 97.6 Å². The van der Waals surface area contributed by atoms with Crippen molar-refractivity contribution >= 4 is 5.97 Å². The first-order valence-electron chi connectivity index (χ1n) is 5.12. The molecule has 86 valence electrons. The van der Waals surface area contributed by atoms with Crippen molar-refractivity contribution in [3.8, 4) is 11.3 Å². The molecule has 0 atom stereocenters. The van der Waals surface area contributed by atoms with Gasteiger partial charge in [0.05, 0.1) is 5.69 Å². The maximum Gasteiger partial charge on any atom is 0.341 e. The fraction of sp³-hybridized carbons (Fsp3) is 0.0769. The van der Waals surface area contributed by atoms with E-state index in [1.54, 1.807) is 6.92 Å². The Hall–Kier alpha value is -2.36. The average molecular weight is 229 g/mol. The molecular weight excluding hydrogens is 218 g/mol. The van der Waals surface area contributed by atoms with E-state index in [4.69, 9.17) is 5.11 Å². The third-order valence-corrected chi connectivity index (χ3v) is 2.61. The van der Waals surface area contributed by atoms with Crippen LogP contribution in [0.3, 0.4) is 0 Å². The Balaban J connectivity index is 2.64. The summed E-state index contributed by atoms with van der Waals surface area (Å²) in [6.45, 7) is 1.62. The molecule has 1 aromatic heterocycles. The zero-order chi connectivity index (χ0) is 12.4. The highest BCUT2D eigenvalue weighted by molar-refractivity contribution is 5.88. The number of aromatic amines is 1. The number of rotatable bonds is 2. The Morgan fingerprint density at radius 2 is 1.88 bits per heavy atom. The van der Waals surface area contributed by atoms with Gasteiger partial charge in [0, 0.05) is 11.8 Å². The second kappa shape index (κ2) is 4.25. The summed E-state index contributed by atoms with van der Waals surface area (Å²) in [5.41, 5.74) is 1.24. The van der Waals surface area contributed by atoms with Crippen LogP contribution in [0.1, 0.15) is 15.9 Å². The molecule has 0 unspecified atom stereocenters. The van der Waals surface area contributed by atoms with Gasteiger partial charge in [-0.15, -0.1) is 0 Å². The summed E-state index contributed by atoms with van der Waals surface area (Å²) < 4.78 is 0. The van der Waals surface area contributed by atoms with Crippen molar-refractivity contribution in [2.45, 2.75) is 6.92 Å². The predicted octanol–water partition coefficient (Wildman–Crippen LogP) is 2.05. The molecule has 0 aliphatic carbocycles. The van der Waals surface area contributed by atoms with Gasteiger partial charge < -0.3 is 10.1 Å². The first-order valence-corrected chi connectivity index (χ1v) is 5.12. The summed E-state index contributed by atoms with van der Waals surface area (Å²) in [5, 5.41) is 8.83. The molecule has 17 heavy (non-hydrogen) atoms. The molecule has 2 N–H and O–H groups in total. The van der Waals surface area contributed by atoms with E-state index in [1.165, 1.54) is 6.20 Å². The van der Waals surface area contributed by atoms with Gasteiger partial charge >= 0.3 is 5.97 Å². The van der Waals surface area contributed by atoms with Crippen LogP contribution in [0.4, 0.5) is 0 Å². The molecule has 0 aliphatic rings. The highest BCUT2D eigenvalue weighted by atomic mass is 16.4. The van der Waals surface area contributed by atoms with Gasteiger partial charge in [0.2, 0.25) is 0 Å². The third kappa shape index (κ3) is 1.97. The second-order valence-electron chi connectivity index (χ2n) is 3.70. The zero-order valence-corrected chi connectivity index (χ0v) is 9.23. The monoisotopic (exact) mass is 229 g/mol. The number of carboxylic acids is 1. The summed E-state index contributed by atoms with van der Waals surface area (Å²) in [4.78, 5) is 25.5. The van der Waals surface area contributed by atoms with Gasteiger partial charge in [0.25, 0.3) is 0 Å². The second-order valence-corrected chi connectivity index (χ2v) is 3.70. The molecular formula is C13H11NO3. The van der Waals surface area contributed by atoms with Crippen molar-refractivity contribution in [3.05, 3.63) is 57.9 Å². The van der Waals surface area contributed by atoms with E-state index < -0.39 is 11.4 Å². The molecule has 2 aromatic rings. The van der Waals surface area contributed by atoms with Gasteiger partial charge in [-0.2, -0.15) is 0 Å². The Bertz CT molecular complexity index is 614. The lowest BCUT2D eigenvalue weighted by molar-refractivity contribution is 0.0695. The maximum absolute atomic E-state index is 11.8. The van der Waals surface area contributed by atoms with Crippen LogP contribution in [-0.4, -0.2) is 16.1 Å². The largest absolute Gasteiger partial charge is 0.477 e. The van der Waals surface area contributed by atoms with Crippen LogP contribution in [0.5, 0.6) is 0 Å². The van der Waals surface area contributed by atoms with Crippen LogP contribution < -0.4 is 5.43 Å². The fourth-order valence-corrected chi connectivity index (χ4v) is 1.70. The number of pyridine rings is 1. The van der Waals surface area contributed by atoms with E-state index in [2.05, 4.69) is 4.98 Å². The summed E-state index contributed by atoms with van der Waals surface area (Å²) in [7, 11) is 0. The number of benzene rings is 1. The van der Waals surface area contributed by atoms with Crippen LogP contribution in [0.15, 0.2) is 41.3 Å².